The second-order valence-corrected chi connectivity index (χ2v) is 7.39. The van der Waals surface area contributed by atoms with Gasteiger partial charge in [0.15, 0.2) is 5.96 Å². The SMILES string of the molecule is COCc1ccccc1NC(N)=NCC1(c2cccc(C(F)(F)F)c2)CCOCC1. The van der Waals surface area contributed by atoms with Crippen LogP contribution in [0.4, 0.5) is 18.9 Å². The van der Waals surface area contributed by atoms with E-state index in [-0.39, 0.29) is 12.5 Å². The Morgan fingerprint density at radius 2 is 1.90 bits per heavy atom. The first-order chi connectivity index (χ1) is 14.3. The molecule has 0 unspecified atom stereocenters. The average molecular weight is 421 g/mol. The number of para-hydroxylation sites is 1. The van der Waals surface area contributed by atoms with Gasteiger partial charge in [-0.05, 0) is 30.5 Å². The van der Waals surface area contributed by atoms with Crippen LogP contribution in [0.5, 0.6) is 0 Å². The van der Waals surface area contributed by atoms with Crippen LogP contribution in [-0.2, 0) is 27.7 Å². The standard InChI is InChI=1S/C22H26F3N3O2/c1-29-14-16-5-2-3-8-19(16)28-20(26)27-15-21(9-11-30-12-10-21)17-6-4-7-18(13-17)22(23,24)25/h2-8,13H,9-12,14-15H2,1H3,(H3,26,27,28). The molecule has 1 saturated heterocycles. The summed E-state index contributed by atoms with van der Waals surface area (Å²) < 4.78 is 50.3. The van der Waals surface area contributed by atoms with E-state index in [1.807, 2.05) is 24.3 Å². The molecule has 0 aliphatic carbocycles. The molecule has 0 aromatic heterocycles. The lowest BCUT2D eigenvalue weighted by atomic mass is 9.74. The third kappa shape index (κ3) is 5.31. The number of guanidine groups is 1. The Balaban J connectivity index is 1.84. The van der Waals surface area contributed by atoms with Crippen molar-refractivity contribution in [2.75, 3.05) is 32.2 Å². The van der Waals surface area contributed by atoms with Crippen LogP contribution < -0.4 is 11.1 Å². The van der Waals surface area contributed by atoms with E-state index in [2.05, 4.69) is 10.3 Å². The normalized spacial score (nSPS) is 17.0. The third-order valence-corrected chi connectivity index (χ3v) is 5.38. The van der Waals surface area contributed by atoms with Crippen LogP contribution in [0.25, 0.3) is 0 Å². The number of hydrogen-bond donors (Lipinski definition) is 2. The molecular weight excluding hydrogens is 395 g/mol. The molecule has 0 atom stereocenters. The minimum atomic E-state index is -4.39. The van der Waals surface area contributed by atoms with Crippen LogP contribution in [0.1, 0.15) is 29.5 Å². The molecule has 1 fully saturated rings. The molecular formula is C22H26F3N3O2. The molecule has 1 aliphatic rings. The molecule has 8 heteroatoms. The molecule has 0 saturated carbocycles. The molecule has 3 N–H and O–H groups in total. The number of methoxy groups -OCH3 is 1. The zero-order chi connectivity index (χ0) is 21.6. The fourth-order valence-electron chi connectivity index (χ4n) is 3.66. The van der Waals surface area contributed by atoms with Gasteiger partial charge in [-0.2, -0.15) is 13.2 Å². The maximum absolute atomic E-state index is 13.2. The van der Waals surface area contributed by atoms with Crippen LogP contribution >= 0.6 is 0 Å². The number of anilines is 1. The molecule has 3 rings (SSSR count). The van der Waals surface area contributed by atoms with Crippen molar-refractivity contribution in [1.82, 2.24) is 0 Å². The Morgan fingerprint density at radius 1 is 1.17 bits per heavy atom. The number of ether oxygens (including phenoxy) is 2. The highest BCUT2D eigenvalue weighted by Crippen LogP contribution is 2.38. The lowest BCUT2D eigenvalue weighted by Crippen LogP contribution is -2.38. The number of halogens is 3. The maximum atomic E-state index is 13.2. The second kappa shape index (κ2) is 9.49. The van der Waals surface area contributed by atoms with Gasteiger partial charge in [-0.25, -0.2) is 0 Å². The summed E-state index contributed by atoms with van der Waals surface area (Å²) in [4.78, 5) is 4.49. The number of alkyl halides is 3. The summed E-state index contributed by atoms with van der Waals surface area (Å²) >= 11 is 0. The molecule has 1 heterocycles. The molecule has 2 aromatic carbocycles. The van der Waals surface area contributed by atoms with Crippen molar-refractivity contribution in [3.8, 4) is 0 Å². The molecule has 0 bridgehead atoms. The van der Waals surface area contributed by atoms with Gasteiger partial charge in [0, 0.05) is 37.0 Å². The fourth-order valence-corrected chi connectivity index (χ4v) is 3.66. The summed E-state index contributed by atoms with van der Waals surface area (Å²) in [5.74, 6) is 0.205. The van der Waals surface area contributed by atoms with Crippen LogP contribution in [0.3, 0.4) is 0 Å². The number of rotatable bonds is 6. The van der Waals surface area contributed by atoms with Gasteiger partial charge in [-0.1, -0.05) is 36.4 Å². The van der Waals surface area contributed by atoms with Crippen LogP contribution in [0.2, 0.25) is 0 Å². The quantitative estimate of drug-likeness (QED) is 0.538. The Labute approximate surface area is 174 Å². The van der Waals surface area contributed by atoms with Crippen molar-refractivity contribution >= 4 is 11.6 Å². The smallest absolute Gasteiger partial charge is 0.381 e. The number of nitrogens with zero attached hydrogens (tertiary/aromatic N) is 1. The monoisotopic (exact) mass is 421 g/mol. The third-order valence-electron chi connectivity index (χ3n) is 5.38. The van der Waals surface area contributed by atoms with Crippen LogP contribution in [0.15, 0.2) is 53.5 Å². The van der Waals surface area contributed by atoms with Gasteiger partial charge in [-0.15, -0.1) is 0 Å². The minimum Gasteiger partial charge on any atom is -0.381 e. The highest BCUT2D eigenvalue weighted by Gasteiger charge is 2.37. The molecule has 1 aliphatic heterocycles. The van der Waals surface area contributed by atoms with Gasteiger partial charge in [0.25, 0.3) is 0 Å². The summed E-state index contributed by atoms with van der Waals surface area (Å²) in [6.45, 7) is 1.62. The van der Waals surface area contributed by atoms with Crippen molar-refractivity contribution in [3.63, 3.8) is 0 Å². The second-order valence-electron chi connectivity index (χ2n) is 7.39. The summed E-state index contributed by atoms with van der Waals surface area (Å²) in [5.41, 5.74) is 7.21. The van der Waals surface area contributed by atoms with E-state index in [0.29, 0.717) is 38.2 Å². The molecule has 0 amide bonds. The first kappa shape index (κ1) is 22.1. The summed E-state index contributed by atoms with van der Waals surface area (Å²) in [6.07, 6.45) is -3.24. The van der Waals surface area contributed by atoms with Crippen LogP contribution in [-0.4, -0.2) is 32.8 Å². The Hall–Kier alpha value is -2.58. The number of aliphatic imine (C=N–C) groups is 1. The van der Waals surface area contributed by atoms with Crippen molar-refractivity contribution < 1.29 is 22.6 Å². The predicted octanol–water partition coefficient (Wildman–Crippen LogP) is 4.33. The minimum absolute atomic E-state index is 0.205. The first-order valence-corrected chi connectivity index (χ1v) is 9.73. The topological polar surface area (TPSA) is 68.9 Å². The molecule has 0 spiro atoms. The van der Waals surface area contributed by atoms with E-state index in [1.54, 1.807) is 13.2 Å². The Morgan fingerprint density at radius 3 is 2.60 bits per heavy atom. The van der Waals surface area contributed by atoms with Crippen molar-refractivity contribution in [2.24, 2.45) is 10.7 Å². The van der Waals surface area contributed by atoms with Gasteiger partial charge in [0.2, 0.25) is 0 Å². The molecule has 30 heavy (non-hydrogen) atoms. The number of nitrogens with one attached hydrogen (secondary N) is 1. The number of nitrogens with two attached hydrogens (primary N) is 1. The van der Waals surface area contributed by atoms with Crippen LogP contribution in [0, 0.1) is 0 Å². The summed E-state index contributed by atoms with van der Waals surface area (Å²) in [5, 5.41) is 3.08. The Bertz CT molecular complexity index is 878. The van der Waals surface area contributed by atoms with E-state index in [1.165, 1.54) is 12.1 Å². The largest absolute Gasteiger partial charge is 0.416 e. The lowest BCUT2D eigenvalue weighted by Gasteiger charge is -2.37. The summed E-state index contributed by atoms with van der Waals surface area (Å²) in [6, 6.07) is 13.0. The summed E-state index contributed by atoms with van der Waals surface area (Å²) in [7, 11) is 1.61. The van der Waals surface area contributed by atoms with Gasteiger partial charge in [0.05, 0.1) is 18.7 Å². The zero-order valence-corrected chi connectivity index (χ0v) is 16.8. The lowest BCUT2D eigenvalue weighted by molar-refractivity contribution is -0.137. The predicted molar refractivity (Wildman–Crippen MR) is 110 cm³/mol. The van der Waals surface area contributed by atoms with Crippen molar-refractivity contribution in [3.05, 3.63) is 65.2 Å². The van der Waals surface area contributed by atoms with Gasteiger partial charge >= 0.3 is 6.18 Å². The fraction of sp³-hybridized carbons (Fsp3) is 0.409. The van der Waals surface area contributed by atoms with Gasteiger partial charge < -0.3 is 20.5 Å². The van der Waals surface area contributed by atoms with Crippen molar-refractivity contribution in [2.45, 2.75) is 31.0 Å². The van der Waals surface area contributed by atoms with Gasteiger partial charge in [-0.3, -0.25) is 4.99 Å². The Kier molecular flexibility index (Phi) is 6.99. The van der Waals surface area contributed by atoms with E-state index in [9.17, 15) is 13.2 Å². The van der Waals surface area contributed by atoms with E-state index >= 15 is 0 Å². The molecule has 2 aromatic rings. The molecule has 5 nitrogen and oxygen atoms in total. The maximum Gasteiger partial charge on any atom is 0.416 e. The average Bonchev–Trinajstić information content (AvgIpc) is 2.74. The zero-order valence-electron chi connectivity index (χ0n) is 16.8. The van der Waals surface area contributed by atoms with Gasteiger partial charge in [0.1, 0.15) is 0 Å². The molecule has 0 radical (unpaired) electrons. The first-order valence-electron chi connectivity index (χ1n) is 9.73. The number of benzene rings is 2. The number of hydrogen-bond acceptors (Lipinski definition) is 3. The van der Waals surface area contributed by atoms with E-state index < -0.39 is 17.2 Å². The highest BCUT2D eigenvalue weighted by atomic mass is 19.4. The van der Waals surface area contributed by atoms with E-state index in [0.717, 1.165) is 17.3 Å². The van der Waals surface area contributed by atoms with E-state index in [4.69, 9.17) is 15.2 Å². The van der Waals surface area contributed by atoms with Crippen molar-refractivity contribution in [1.29, 1.82) is 0 Å². The molecule has 162 valence electrons. The highest BCUT2D eigenvalue weighted by molar-refractivity contribution is 5.93.